The molecule has 0 aromatic heterocycles. The maximum absolute atomic E-state index is 7.95. The molecule has 2 N–H and O–H groups in total. The van der Waals surface area contributed by atoms with Gasteiger partial charge in [0, 0.05) is 18.7 Å². The van der Waals surface area contributed by atoms with E-state index < -0.39 is 0 Å². The van der Waals surface area contributed by atoms with Crippen molar-refractivity contribution in [1.82, 2.24) is 5.32 Å². The molecule has 0 aliphatic heterocycles. The van der Waals surface area contributed by atoms with Gasteiger partial charge in [-0.2, -0.15) is 0 Å². The van der Waals surface area contributed by atoms with Crippen molar-refractivity contribution in [1.29, 1.82) is 0 Å². The predicted molar refractivity (Wildman–Crippen MR) is 33.4 cm³/mol. The second-order valence-corrected chi connectivity index (χ2v) is 1.72. The lowest BCUT2D eigenvalue weighted by Crippen LogP contribution is -2.21. The zero-order chi connectivity index (χ0) is 6.41. The molecule has 0 saturated carbocycles. The van der Waals surface area contributed by atoms with E-state index in [0.717, 1.165) is 6.42 Å². The maximum Gasteiger partial charge on any atom is 0.0451 e. The minimum Gasteiger partial charge on any atom is -0.411 e. The fraction of sp³-hybridized carbons (Fsp3) is 0.800. The minimum absolute atomic E-state index is 0.394. The van der Waals surface area contributed by atoms with E-state index in [4.69, 9.17) is 5.21 Å². The molecule has 3 nitrogen and oxygen atoms in total. The lowest BCUT2D eigenvalue weighted by atomic mass is 10.3. The maximum atomic E-state index is 7.95. The van der Waals surface area contributed by atoms with Gasteiger partial charge in [-0.25, -0.2) is 0 Å². The molecular weight excluding hydrogens is 104 g/mol. The summed E-state index contributed by atoms with van der Waals surface area (Å²) in [4.78, 5) is 0. The lowest BCUT2D eigenvalue weighted by Gasteiger charge is -2.02. The Balaban J connectivity index is 3.10. The van der Waals surface area contributed by atoms with Crippen LogP contribution >= 0.6 is 0 Å². The van der Waals surface area contributed by atoms with Crippen molar-refractivity contribution < 1.29 is 5.21 Å². The highest BCUT2D eigenvalue weighted by Crippen LogP contribution is 1.82. The molecule has 0 aromatic carbocycles. The summed E-state index contributed by atoms with van der Waals surface area (Å²) in [6.45, 7) is 2.02. The van der Waals surface area contributed by atoms with Crippen LogP contribution in [0.3, 0.4) is 0 Å². The van der Waals surface area contributed by atoms with Gasteiger partial charge >= 0.3 is 0 Å². The highest BCUT2D eigenvalue weighted by atomic mass is 16.4. The summed E-state index contributed by atoms with van der Waals surface area (Å²) in [6.07, 6.45) is 2.24. The number of nitrogens with zero attached hydrogens (tertiary/aromatic N) is 1. The van der Waals surface area contributed by atoms with E-state index in [1.807, 2.05) is 14.0 Å². The molecule has 0 aliphatic carbocycles. The molecule has 0 radical (unpaired) electrons. The third kappa shape index (κ3) is 3.61. The van der Waals surface area contributed by atoms with Gasteiger partial charge in [0.25, 0.3) is 0 Å². The fourth-order valence-corrected chi connectivity index (χ4v) is 0.323. The van der Waals surface area contributed by atoms with Gasteiger partial charge in [0.15, 0.2) is 0 Å². The van der Waals surface area contributed by atoms with Crippen LogP contribution in [-0.4, -0.2) is 24.5 Å². The molecule has 0 rings (SSSR count). The molecule has 48 valence electrons. The topological polar surface area (TPSA) is 44.6 Å². The highest BCUT2D eigenvalue weighted by Gasteiger charge is 1.91. The van der Waals surface area contributed by atoms with Crippen molar-refractivity contribution in [3.8, 4) is 0 Å². The second kappa shape index (κ2) is 4.59. The van der Waals surface area contributed by atoms with Crippen molar-refractivity contribution in [2.45, 2.75) is 19.4 Å². The molecule has 0 aromatic rings. The first kappa shape index (κ1) is 7.43. The van der Waals surface area contributed by atoms with Crippen molar-refractivity contribution in [3.05, 3.63) is 0 Å². The summed E-state index contributed by atoms with van der Waals surface area (Å²) >= 11 is 0. The third-order valence-corrected chi connectivity index (χ3v) is 1.03. The zero-order valence-corrected chi connectivity index (χ0v) is 5.26. The summed E-state index contributed by atoms with van der Waals surface area (Å²) in [5, 5.41) is 13.8. The van der Waals surface area contributed by atoms with Gasteiger partial charge in [0.2, 0.25) is 0 Å². The van der Waals surface area contributed by atoms with Gasteiger partial charge in [0.1, 0.15) is 0 Å². The van der Waals surface area contributed by atoms with E-state index in [-0.39, 0.29) is 0 Å². The molecule has 0 amide bonds. The molecule has 0 bridgehead atoms. The first-order valence-corrected chi connectivity index (χ1v) is 2.64. The lowest BCUT2D eigenvalue weighted by molar-refractivity contribution is 0.320. The zero-order valence-electron chi connectivity index (χ0n) is 5.26. The smallest absolute Gasteiger partial charge is 0.0451 e. The van der Waals surface area contributed by atoms with Crippen LogP contribution in [0.15, 0.2) is 5.16 Å². The van der Waals surface area contributed by atoms with Crippen LogP contribution in [-0.2, 0) is 0 Å². The van der Waals surface area contributed by atoms with Gasteiger partial charge in [-0.05, 0) is 14.0 Å². The van der Waals surface area contributed by atoms with E-state index in [1.165, 1.54) is 6.21 Å². The van der Waals surface area contributed by atoms with Crippen LogP contribution in [0, 0.1) is 0 Å². The monoisotopic (exact) mass is 116 g/mol. The second-order valence-electron chi connectivity index (χ2n) is 1.72. The Hall–Kier alpha value is -0.570. The Kier molecular flexibility index (Phi) is 4.26. The molecular formula is C5H12N2O. The average molecular weight is 116 g/mol. The summed E-state index contributed by atoms with van der Waals surface area (Å²) in [5.41, 5.74) is 0. The number of hydrogen-bond donors (Lipinski definition) is 2. The van der Waals surface area contributed by atoms with Gasteiger partial charge in [-0.15, -0.1) is 5.16 Å². The summed E-state index contributed by atoms with van der Waals surface area (Å²) in [6, 6.07) is 0.394. The first-order valence-electron chi connectivity index (χ1n) is 2.64. The molecule has 0 heterocycles. The SMILES string of the molecule is CN[C@H](C)C/C=N/O. The number of oxime groups is 1. The van der Waals surface area contributed by atoms with Gasteiger partial charge in [0.05, 0.1) is 0 Å². The summed E-state index contributed by atoms with van der Waals surface area (Å²) < 4.78 is 0. The van der Waals surface area contributed by atoms with E-state index in [0.29, 0.717) is 6.04 Å². The Labute approximate surface area is 49.4 Å². The van der Waals surface area contributed by atoms with Gasteiger partial charge in [-0.3, -0.25) is 0 Å². The number of rotatable bonds is 3. The van der Waals surface area contributed by atoms with E-state index in [2.05, 4.69) is 10.5 Å². The Morgan fingerprint density at radius 1 is 1.88 bits per heavy atom. The molecule has 0 aliphatic rings. The van der Waals surface area contributed by atoms with Crippen molar-refractivity contribution in [2.24, 2.45) is 5.16 Å². The predicted octanol–water partition coefficient (Wildman–Crippen LogP) is 0.444. The number of hydrogen-bond acceptors (Lipinski definition) is 3. The van der Waals surface area contributed by atoms with Crippen LogP contribution in [0.2, 0.25) is 0 Å². The van der Waals surface area contributed by atoms with Crippen molar-refractivity contribution >= 4 is 6.21 Å². The van der Waals surface area contributed by atoms with Crippen LogP contribution < -0.4 is 5.32 Å². The van der Waals surface area contributed by atoms with Crippen LogP contribution in [0.4, 0.5) is 0 Å². The van der Waals surface area contributed by atoms with Crippen LogP contribution in [0.25, 0.3) is 0 Å². The molecule has 8 heavy (non-hydrogen) atoms. The van der Waals surface area contributed by atoms with Crippen molar-refractivity contribution in [3.63, 3.8) is 0 Å². The first-order chi connectivity index (χ1) is 3.81. The largest absolute Gasteiger partial charge is 0.411 e. The van der Waals surface area contributed by atoms with Crippen LogP contribution in [0.1, 0.15) is 13.3 Å². The Bertz CT molecular complexity index is 72.8. The quantitative estimate of drug-likeness (QED) is 0.319. The molecule has 0 unspecified atom stereocenters. The molecule has 0 saturated heterocycles. The van der Waals surface area contributed by atoms with Gasteiger partial charge < -0.3 is 10.5 Å². The standard InChI is InChI=1S/C5H12N2O/c1-5(6-2)3-4-7-8/h4-6,8H,3H2,1-2H3/b7-4+/t5-/m1/s1. The van der Waals surface area contributed by atoms with Crippen LogP contribution in [0.5, 0.6) is 0 Å². The molecule has 3 heteroatoms. The van der Waals surface area contributed by atoms with Gasteiger partial charge in [-0.1, -0.05) is 0 Å². The number of nitrogens with one attached hydrogen (secondary N) is 1. The third-order valence-electron chi connectivity index (χ3n) is 1.03. The molecule has 1 atom stereocenters. The molecule has 0 fully saturated rings. The van der Waals surface area contributed by atoms with E-state index >= 15 is 0 Å². The average Bonchev–Trinajstić information content (AvgIpc) is 1.83. The Morgan fingerprint density at radius 2 is 2.50 bits per heavy atom. The summed E-state index contributed by atoms with van der Waals surface area (Å²) in [7, 11) is 1.87. The minimum atomic E-state index is 0.394. The van der Waals surface area contributed by atoms with E-state index in [1.54, 1.807) is 0 Å². The fourth-order valence-electron chi connectivity index (χ4n) is 0.323. The normalized spacial score (nSPS) is 14.8. The molecule has 0 spiro atoms. The highest BCUT2D eigenvalue weighted by molar-refractivity contribution is 5.56. The van der Waals surface area contributed by atoms with E-state index in [9.17, 15) is 0 Å². The van der Waals surface area contributed by atoms with Crippen molar-refractivity contribution in [2.75, 3.05) is 7.05 Å². The summed E-state index contributed by atoms with van der Waals surface area (Å²) in [5.74, 6) is 0. The Morgan fingerprint density at radius 3 is 2.88 bits per heavy atom.